The monoisotopic (exact) mass is 279 g/mol. The summed E-state index contributed by atoms with van der Waals surface area (Å²) < 4.78 is 31.1. The highest BCUT2D eigenvalue weighted by atomic mass is 19.1. The van der Waals surface area contributed by atoms with Gasteiger partial charge in [-0.25, -0.2) is 8.78 Å². The number of benzene rings is 2. The number of aldehydes is 1. The van der Waals surface area contributed by atoms with Gasteiger partial charge in [-0.05, 0) is 6.07 Å². The Morgan fingerprint density at radius 1 is 1.00 bits per heavy atom. The summed E-state index contributed by atoms with van der Waals surface area (Å²) in [7, 11) is 0. The molecule has 0 atom stereocenters. The molecule has 0 amide bonds. The quantitative estimate of drug-likeness (QED) is 0.488. The van der Waals surface area contributed by atoms with Crippen molar-refractivity contribution in [3.63, 3.8) is 0 Å². The maximum Gasteiger partial charge on any atom is 0.273 e. The Morgan fingerprint density at radius 3 is 2.15 bits per heavy atom. The van der Waals surface area contributed by atoms with Crippen molar-refractivity contribution in [1.82, 2.24) is 0 Å². The van der Waals surface area contributed by atoms with E-state index in [-0.39, 0.29) is 22.7 Å². The summed E-state index contributed by atoms with van der Waals surface area (Å²) in [5.74, 6) is -1.92. The number of nitro benzene ring substituents is 1. The van der Waals surface area contributed by atoms with Crippen LogP contribution in [0.2, 0.25) is 0 Å². The maximum atomic E-state index is 13.0. The molecule has 0 fully saturated rings. The number of ether oxygens (including phenoxy) is 1. The second kappa shape index (κ2) is 5.43. The summed E-state index contributed by atoms with van der Waals surface area (Å²) in [5, 5.41) is 10.7. The van der Waals surface area contributed by atoms with Gasteiger partial charge in [0.1, 0.15) is 29.4 Å². The zero-order valence-electron chi connectivity index (χ0n) is 9.88. The number of carbonyl (C=O) groups is 1. The first-order valence-corrected chi connectivity index (χ1v) is 5.36. The maximum absolute atomic E-state index is 13.0. The first-order valence-electron chi connectivity index (χ1n) is 5.36. The number of halogens is 2. The second-order valence-corrected chi connectivity index (χ2v) is 3.84. The van der Waals surface area contributed by atoms with Crippen molar-refractivity contribution in [3.05, 3.63) is 63.7 Å². The Bertz CT molecular complexity index is 668. The molecule has 0 saturated carbocycles. The van der Waals surface area contributed by atoms with Crippen molar-refractivity contribution in [2.24, 2.45) is 0 Å². The molecule has 0 saturated heterocycles. The molecular formula is C13H7F2NO4. The normalized spacial score (nSPS) is 10.1. The number of nitro groups is 1. The fourth-order valence-electron chi connectivity index (χ4n) is 1.56. The molecule has 0 bridgehead atoms. The molecule has 2 aromatic rings. The third-order valence-electron chi connectivity index (χ3n) is 2.33. The first-order chi connectivity index (χ1) is 9.47. The van der Waals surface area contributed by atoms with Crippen molar-refractivity contribution in [1.29, 1.82) is 0 Å². The number of hydrogen-bond donors (Lipinski definition) is 0. The van der Waals surface area contributed by atoms with E-state index in [1.54, 1.807) is 0 Å². The molecule has 0 spiro atoms. The lowest BCUT2D eigenvalue weighted by molar-refractivity contribution is -0.384. The van der Waals surface area contributed by atoms with Gasteiger partial charge >= 0.3 is 0 Å². The van der Waals surface area contributed by atoms with E-state index in [9.17, 15) is 23.7 Å². The lowest BCUT2D eigenvalue weighted by Gasteiger charge is -2.06. The van der Waals surface area contributed by atoms with Gasteiger partial charge < -0.3 is 4.74 Å². The summed E-state index contributed by atoms with van der Waals surface area (Å²) in [6.45, 7) is 0. The van der Waals surface area contributed by atoms with Crippen LogP contribution >= 0.6 is 0 Å². The zero-order chi connectivity index (χ0) is 14.7. The summed E-state index contributed by atoms with van der Waals surface area (Å²) in [6, 6.07) is 5.84. The molecule has 2 aromatic carbocycles. The highest BCUT2D eigenvalue weighted by Gasteiger charge is 2.11. The summed E-state index contributed by atoms with van der Waals surface area (Å²) in [4.78, 5) is 20.7. The molecule has 0 heterocycles. The van der Waals surface area contributed by atoms with Gasteiger partial charge in [-0.15, -0.1) is 0 Å². The van der Waals surface area contributed by atoms with Crippen molar-refractivity contribution in [3.8, 4) is 11.5 Å². The molecule has 0 radical (unpaired) electrons. The van der Waals surface area contributed by atoms with Gasteiger partial charge in [-0.1, -0.05) is 0 Å². The van der Waals surface area contributed by atoms with Crippen LogP contribution in [0.3, 0.4) is 0 Å². The Balaban J connectivity index is 2.39. The largest absolute Gasteiger partial charge is 0.457 e. The summed E-state index contributed by atoms with van der Waals surface area (Å²) >= 11 is 0. The third kappa shape index (κ3) is 3.14. The van der Waals surface area contributed by atoms with E-state index in [1.165, 1.54) is 6.07 Å². The fourth-order valence-corrected chi connectivity index (χ4v) is 1.56. The van der Waals surface area contributed by atoms with Crippen molar-refractivity contribution in [2.45, 2.75) is 0 Å². The Morgan fingerprint density at radius 2 is 1.60 bits per heavy atom. The van der Waals surface area contributed by atoms with Crippen LogP contribution < -0.4 is 4.74 Å². The Hall–Kier alpha value is -2.83. The smallest absolute Gasteiger partial charge is 0.273 e. The number of nitrogens with zero attached hydrogens (tertiary/aromatic N) is 1. The van der Waals surface area contributed by atoms with Crippen LogP contribution in [0.15, 0.2) is 36.4 Å². The van der Waals surface area contributed by atoms with Crippen molar-refractivity contribution < 1.29 is 23.2 Å². The minimum absolute atomic E-state index is 0.0195. The first kappa shape index (κ1) is 13.6. The predicted octanol–water partition coefficient (Wildman–Crippen LogP) is 3.48. The van der Waals surface area contributed by atoms with Gasteiger partial charge in [-0.3, -0.25) is 14.9 Å². The van der Waals surface area contributed by atoms with Gasteiger partial charge in [0.15, 0.2) is 0 Å². The lowest BCUT2D eigenvalue weighted by atomic mass is 10.2. The van der Waals surface area contributed by atoms with Crippen LogP contribution in [-0.4, -0.2) is 11.2 Å². The minimum atomic E-state index is -0.846. The molecule has 0 N–H and O–H groups in total. The average Bonchev–Trinajstić information content (AvgIpc) is 2.36. The molecule has 5 nitrogen and oxygen atoms in total. The summed E-state index contributed by atoms with van der Waals surface area (Å²) in [5.41, 5.74) is -0.340. The van der Waals surface area contributed by atoms with Crippen LogP contribution in [0.4, 0.5) is 14.5 Å². The molecule has 2 rings (SSSR count). The highest BCUT2D eigenvalue weighted by Crippen LogP contribution is 2.27. The van der Waals surface area contributed by atoms with Crippen molar-refractivity contribution in [2.75, 3.05) is 0 Å². The SMILES string of the molecule is O=Cc1cc(Oc2cc(F)cc(F)c2)cc([N+](=O)[O-])c1. The van der Waals surface area contributed by atoms with Crippen LogP contribution in [0, 0.1) is 21.7 Å². The van der Waals surface area contributed by atoms with Crippen molar-refractivity contribution >= 4 is 12.0 Å². The van der Waals surface area contributed by atoms with Gasteiger partial charge in [0.05, 0.1) is 11.0 Å². The molecule has 0 aromatic heterocycles. The highest BCUT2D eigenvalue weighted by molar-refractivity contribution is 5.77. The predicted molar refractivity (Wildman–Crippen MR) is 64.9 cm³/mol. The molecule has 0 aliphatic rings. The molecule has 7 heteroatoms. The van der Waals surface area contributed by atoms with Gasteiger partial charge in [0.25, 0.3) is 5.69 Å². The van der Waals surface area contributed by atoms with E-state index >= 15 is 0 Å². The Labute approximate surface area is 111 Å². The molecule has 20 heavy (non-hydrogen) atoms. The zero-order valence-corrected chi connectivity index (χ0v) is 9.88. The number of hydrogen-bond acceptors (Lipinski definition) is 4. The van der Waals surface area contributed by atoms with Gasteiger partial charge in [0.2, 0.25) is 0 Å². The minimum Gasteiger partial charge on any atom is -0.457 e. The van der Waals surface area contributed by atoms with E-state index in [1.807, 2.05) is 0 Å². The topological polar surface area (TPSA) is 69.4 Å². The Kier molecular flexibility index (Phi) is 3.69. The van der Waals surface area contributed by atoms with E-state index in [0.29, 0.717) is 12.4 Å². The van der Waals surface area contributed by atoms with E-state index in [4.69, 9.17) is 4.74 Å². The molecule has 0 aliphatic carbocycles. The van der Waals surface area contributed by atoms with Gasteiger partial charge in [0, 0.05) is 29.8 Å². The number of carbonyl (C=O) groups excluding carboxylic acids is 1. The standard InChI is InChI=1S/C13H7F2NO4/c14-9-3-10(15)5-13(4-9)20-12-2-8(7-17)1-11(6-12)16(18)19/h1-7H. The van der Waals surface area contributed by atoms with E-state index in [0.717, 1.165) is 24.3 Å². The fraction of sp³-hybridized carbons (Fsp3) is 0. The van der Waals surface area contributed by atoms with Gasteiger partial charge in [-0.2, -0.15) is 0 Å². The van der Waals surface area contributed by atoms with E-state index in [2.05, 4.69) is 0 Å². The second-order valence-electron chi connectivity index (χ2n) is 3.84. The molecule has 0 aliphatic heterocycles. The summed E-state index contributed by atoms with van der Waals surface area (Å²) in [6.07, 6.45) is 0.409. The van der Waals surface area contributed by atoms with Crippen LogP contribution in [-0.2, 0) is 0 Å². The molecular weight excluding hydrogens is 272 g/mol. The van der Waals surface area contributed by atoms with E-state index < -0.39 is 16.6 Å². The molecule has 0 unspecified atom stereocenters. The van der Waals surface area contributed by atoms with Crippen LogP contribution in [0.1, 0.15) is 10.4 Å². The molecule has 102 valence electrons. The lowest BCUT2D eigenvalue weighted by Crippen LogP contribution is -1.93. The average molecular weight is 279 g/mol. The third-order valence-corrected chi connectivity index (χ3v) is 2.33. The van der Waals surface area contributed by atoms with Crippen LogP contribution in [0.5, 0.6) is 11.5 Å². The number of rotatable bonds is 4. The number of non-ortho nitro benzene ring substituents is 1. The van der Waals surface area contributed by atoms with Crippen LogP contribution in [0.25, 0.3) is 0 Å².